The summed E-state index contributed by atoms with van der Waals surface area (Å²) in [5.41, 5.74) is 3.14. The van der Waals surface area contributed by atoms with Crippen LogP contribution in [0.3, 0.4) is 0 Å². The van der Waals surface area contributed by atoms with Gasteiger partial charge < -0.3 is 19.7 Å². The lowest BCUT2D eigenvalue weighted by atomic mass is 10.2. The number of hydrogen-bond acceptors (Lipinski definition) is 8. The van der Waals surface area contributed by atoms with Gasteiger partial charge in [0.1, 0.15) is 0 Å². The van der Waals surface area contributed by atoms with Gasteiger partial charge in [0.25, 0.3) is 5.69 Å². The molecule has 11 nitrogen and oxygen atoms in total. The number of benzene rings is 2. The zero-order chi connectivity index (χ0) is 26.9. The number of halogens is 1. The number of imidazole rings is 1. The van der Waals surface area contributed by atoms with Gasteiger partial charge in [-0.3, -0.25) is 14.9 Å². The summed E-state index contributed by atoms with van der Waals surface area (Å²) in [4.78, 5) is 41.5. The van der Waals surface area contributed by atoms with Gasteiger partial charge in [-0.05, 0) is 30.0 Å². The first-order chi connectivity index (χ1) is 19.0. The van der Waals surface area contributed by atoms with Gasteiger partial charge in [-0.25, -0.2) is 4.98 Å². The summed E-state index contributed by atoms with van der Waals surface area (Å²) < 4.78 is 1.91. The third-order valence-corrected chi connectivity index (χ3v) is 7.53. The highest BCUT2D eigenvalue weighted by Crippen LogP contribution is 2.32. The fourth-order valence-corrected chi connectivity index (χ4v) is 4.97. The van der Waals surface area contributed by atoms with E-state index in [4.69, 9.17) is 21.6 Å². The molecule has 0 radical (unpaired) electrons. The molecule has 0 spiro atoms. The molecule has 1 saturated heterocycles. The molecule has 0 bridgehead atoms. The Kier molecular flexibility index (Phi) is 6.74. The van der Waals surface area contributed by atoms with E-state index < -0.39 is 4.92 Å². The number of piperazine rings is 1. The van der Waals surface area contributed by atoms with Crippen molar-refractivity contribution in [2.75, 3.05) is 36.4 Å². The molecule has 39 heavy (non-hydrogen) atoms. The number of hydrogen-bond donors (Lipinski definition) is 1. The maximum absolute atomic E-state index is 12.5. The number of nitrogens with one attached hydrogen (secondary N) is 1. The Morgan fingerprint density at radius 3 is 2.49 bits per heavy atom. The minimum Gasteiger partial charge on any atom is -0.364 e. The van der Waals surface area contributed by atoms with E-state index >= 15 is 0 Å². The van der Waals surface area contributed by atoms with Crippen LogP contribution in [0.2, 0.25) is 5.02 Å². The van der Waals surface area contributed by atoms with Crippen molar-refractivity contribution in [2.45, 2.75) is 25.9 Å². The number of anilines is 2. The maximum Gasteiger partial charge on any atom is 0.269 e. The number of carbonyl (C=O) groups excluding carboxylic acids is 1. The average Bonchev–Trinajstić information content (AvgIpc) is 3.73. The van der Waals surface area contributed by atoms with E-state index in [1.165, 1.54) is 12.1 Å². The van der Waals surface area contributed by atoms with Gasteiger partial charge in [0.05, 0.1) is 17.8 Å². The number of amides is 1. The quantitative estimate of drug-likeness (QED) is 0.259. The summed E-state index contributed by atoms with van der Waals surface area (Å²) >= 11 is 6.38. The maximum atomic E-state index is 12.5. The fourth-order valence-electron chi connectivity index (χ4n) is 4.77. The molecule has 1 N–H and O–H groups in total. The highest BCUT2D eigenvalue weighted by Gasteiger charge is 2.35. The van der Waals surface area contributed by atoms with E-state index in [9.17, 15) is 14.9 Å². The summed E-state index contributed by atoms with van der Waals surface area (Å²) in [7, 11) is 0. The van der Waals surface area contributed by atoms with E-state index in [2.05, 4.69) is 15.2 Å². The van der Waals surface area contributed by atoms with Gasteiger partial charge >= 0.3 is 0 Å². The lowest BCUT2D eigenvalue weighted by Crippen LogP contribution is -2.49. The normalized spacial score (nSPS) is 15.5. The van der Waals surface area contributed by atoms with E-state index in [0.717, 1.165) is 24.0 Å². The number of rotatable bonds is 8. The molecular formula is C27H27ClN8O3. The van der Waals surface area contributed by atoms with Gasteiger partial charge in [0, 0.05) is 55.8 Å². The van der Waals surface area contributed by atoms with Crippen LogP contribution in [0.15, 0.2) is 54.9 Å². The molecule has 0 atom stereocenters. The number of non-ortho nitro benzene ring substituents is 1. The molecule has 4 aromatic rings. The summed E-state index contributed by atoms with van der Waals surface area (Å²) in [5.74, 6) is 1.62. The lowest BCUT2D eigenvalue weighted by molar-refractivity contribution is -0.384. The highest BCUT2D eigenvalue weighted by atomic mass is 35.5. The average molecular weight is 547 g/mol. The van der Waals surface area contributed by atoms with Crippen LogP contribution >= 0.6 is 11.6 Å². The zero-order valence-corrected chi connectivity index (χ0v) is 21.9. The van der Waals surface area contributed by atoms with Crippen molar-refractivity contribution in [1.82, 2.24) is 24.4 Å². The van der Waals surface area contributed by atoms with Crippen LogP contribution in [0, 0.1) is 16.0 Å². The molecule has 2 aromatic carbocycles. The number of aromatic nitrogens is 4. The molecule has 12 heteroatoms. The molecule has 200 valence electrons. The van der Waals surface area contributed by atoms with Gasteiger partial charge in [-0.1, -0.05) is 41.9 Å². The Morgan fingerprint density at radius 2 is 1.79 bits per heavy atom. The lowest BCUT2D eigenvalue weighted by Gasteiger charge is -2.35. The van der Waals surface area contributed by atoms with Crippen molar-refractivity contribution in [2.24, 2.45) is 5.92 Å². The van der Waals surface area contributed by atoms with Crippen LogP contribution in [0.5, 0.6) is 0 Å². The Labute approximate surface area is 229 Å². The number of nitro groups is 1. The van der Waals surface area contributed by atoms with Gasteiger partial charge in [0.15, 0.2) is 17.0 Å². The Bertz CT molecular complexity index is 1530. The minimum atomic E-state index is -0.412. The Hall–Kier alpha value is -4.25. The van der Waals surface area contributed by atoms with Gasteiger partial charge in [-0.15, -0.1) is 0 Å². The van der Waals surface area contributed by atoms with Crippen LogP contribution < -0.4 is 10.2 Å². The second-order valence-corrected chi connectivity index (χ2v) is 10.3. The first-order valence-corrected chi connectivity index (χ1v) is 13.3. The van der Waals surface area contributed by atoms with Crippen molar-refractivity contribution in [3.8, 4) is 0 Å². The van der Waals surface area contributed by atoms with Gasteiger partial charge in [-0.2, -0.15) is 9.97 Å². The van der Waals surface area contributed by atoms with Crippen LogP contribution in [-0.2, 0) is 17.9 Å². The molecule has 2 aliphatic rings. The van der Waals surface area contributed by atoms with E-state index in [0.29, 0.717) is 67.2 Å². The summed E-state index contributed by atoms with van der Waals surface area (Å²) in [6.07, 6.45) is 3.70. The Morgan fingerprint density at radius 1 is 1.05 bits per heavy atom. The smallest absolute Gasteiger partial charge is 0.269 e. The van der Waals surface area contributed by atoms with E-state index in [1.807, 2.05) is 33.7 Å². The van der Waals surface area contributed by atoms with Crippen LogP contribution in [-0.4, -0.2) is 61.4 Å². The summed E-state index contributed by atoms with van der Waals surface area (Å²) in [6.45, 7) is 3.47. The summed E-state index contributed by atoms with van der Waals surface area (Å²) in [6, 6.07) is 14.1. The fraction of sp³-hybridized carbons (Fsp3) is 0.333. The third-order valence-electron chi connectivity index (χ3n) is 7.16. The molecule has 2 aromatic heterocycles. The molecule has 2 fully saturated rings. The molecule has 0 unspecified atom stereocenters. The third kappa shape index (κ3) is 5.35. The molecule has 1 aliphatic carbocycles. The van der Waals surface area contributed by atoms with Crippen molar-refractivity contribution >= 4 is 46.1 Å². The molecule has 1 saturated carbocycles. The zero-order valence-electron chi connectivity index (χ0n) is 21.2. The standard InChI is InChI=1S/C27H27ClN8O3/c28-22-4-2-1-3-20(22)15-29-24-23-25(35(17-30-23)16-18-5-9-21(10-6-18)36(38)39)32-27(31-24)34-13-11-33(12-14-34)26(37)19-7-8-19/h1-6,9-10,17,19H,7-8,11-16H2,(H,29,31,32). The second-order valence-electron chi connectivity index (χ2n) is 9.87. The molecular weight excluding hydrogens is 520 g/mol. The first kappa shape index (κ1) is 25.1. The Balaban J connectivity index is 1.29. The monoisotopic (exact) mass is 546 g/mol. The second kappa shape index (κ2) is 10.5. The van der Waals surface area contributed by atoms with Gasteiger partial charge in [0.2, 0.25) is 11.9 Å². The van der Waals surface area contributed by atoms with Crippen LogP contribution in [0.4, 0.5) is 17.5 Å². The molecule has 1 amide bonds. The van der Waals surface area contributed by atoms with Crippen molar-refractivity contribution in [3.63, 3.8) is 0 Å². The molecule has 1 aliphatic heterocycles. The minimum absolute atomic E-state index is 0.0456. The number of fused-ring (bicyclic) bond motifs is 1. The van der Waals surface area contributed by atoms with Crippen molar-refractivity contribution < 1.29 is 9.72 Å². The SMILES string of the molecule is O=C(C1CC1)N1CCN(c2nc(NCc3ccccc3Cl)c3ncn(Cc4ccc([N+](=O)[O-])cc4)c3n2)CC1. The largest absolute Gasteiger partial charge is 0.364 e. The van der Waals surface area contributed by atoms with Crippen molar-refractivity contribution in [1.29, 1.82) is 0 Å². The van der Waals surface area contributed by atoms with Crippen LogP contribution in [0.25, 0.3) is 11.2 Å². The van der Waals surface area contributed by atoms with Crippen molar-refractivity contribution in [3.05, 3.63) is 81.1 Å². The van der Waals surface area contributed by atoms with E-state index in [1.54, 1.807) is 18.5 Å². The predicted octanol–water partition coefficient (Wildman–Crippen LogP) is 4.11. The number of nitro benzene ring substituents is 1. The molecule has 3 heterocycles. The highest BCUT2D eigenvalue weighted by molar-refractivity contribution is 6.31. The van der Waals surface area contributed by atoms with E-state index in [-0.39, 0.29) is 17.5 Å². The predicted molar refractivity (Wildman–Crippen MR) is 148 cm³/mol. The first-order valence-electron chi connectivity index (χ1n) is 12.9. The topological polar surface area (TPSA) is 122 Å². The summed E-state index contributed by atoms with van der Waals surface area (Å²) in [5, 5.41) is 15.1. The number of carbonyl (C=O) groups is 1. The number of nitrogens with zero attached hydrogens (tertiary/aromatic N) is 7. The van der Waals surface area contributed by atoms with Crippen LogP contribution in [0.1, 0.15) is 24.0 Å². The molecule has 6 rings (SSSR count).